The molecule has 5 heteroatoms. The molecule has 2 atom stereocenters. The predicted molar refractivity (Wildman–Crippen MR) is 124 cm³/mol. The minimum atomic E-state index is -0.499. The van der Waals surface area contributed by atoms with E-state index in [1.807, 2.05) is 60.5 Å². The molecule has 0 radical (unpaired) electrons. The maximum Gasteiger partial charge on any atom is 0.288 e. The molecule has 5 nitrogen and oxygen atoms in total. The molecule has 1 fully saturated rings. The Morgan fingerprint density at radius 1 is 1.03 bits per heavy atom. The zero-order chi connectivity index (χ0) is 22.3. The molecule has 0 bridgehead atoms. The molecule has 1 N–H and O–H groups in total. The van der Waals surface area contributed by atoms with E-state index in [0.717, 1.165) is 29.5 Å². The van der Waals surface area contributed by atoms with Gasteiger partial charge in [0.2, 0.25) is 6.29 Å². The van der Waals surface area contributed by atoms with Crippen molar-refractivity contribution in [3.63, 3.8) is 0 Å². The van der Waals surface area contributed by atoms with Crippen molar-refractivity contribution in [2.45, 2.75) is 70.0 Å². The zero-order valence-corrected chi connectivity index (χ0v) is 18.8. The Bertz CT molecular complexity index is 903. The Kier molecular flexibility index (Phi) is 7.61. The molecule has 0 saturated heterocycles. The molecule has 0 spiro atoms. The van der Waals surface area contributed by atoms with Crippen molar-refractivity contribution >= 4 is 5.91 Å². The number of amides is 1. The Morgan fingerprint density at radius 3 is 2.41 bits per heavy atom. The van der Waals surface area contributed by atoms with Crippen LogP contribution < -0.4 is 0 Å². The quantitative estimate of drug-likeness (QED) is 0.672. The highest BCUT2D eigenvalue weighted by atomic mass is 16.7. The topological polar surface area (TPSA) is 59.0 Å². The van der Waals surface area contributed by atoms with Crippen molar-refractivity contribution < 1.29 is 19.4 Å². The number of carbonyl (C=O) groups excluding carboxylic acids is 1. The van der Waals surface area contributed by atoms with Gasteiger partial charge >= 0.3 is 0 Å². The first kappa shape index (κ1) is 22.6. The smallest absolute Gasteiger partial charge is 0.288 e. The first-order chi connectivity index (χ1) is 15.6. The lowest BCUT2D eigenvalue weighted by Crippen LogP contribution is -2.41. The van der Waals surface area contributed by atoms with Crippen LogP contribution in [0.25, 0.3) is 0 Å². The molecule has 4 rings (SSSR count). The molecule has 1 saturated carbocycles. The van der Waals surface area contributed by atoms with Crippen LogP contribution in [0.4, 0.5) is 0 Å². The normalized spacial score (nSPS) is 21.5. The Balaban J connectivity index is 1.48. The van der Waals surface area contributed by atoms with Crippen molar-refractivity contribution in [3.05, 3.63) is 83.1 Å². The Morgan fingerprint density at radius 2 is 1.72 bits per heavy atom. The number of aliphatic hydroxyl groups is 1. The third kappa shape index (κ3) is 5.59. The van der Waals surface area contributed by atoms with Crippen LogP contribution in [0.15, 0.2) is 66.4 Å². The van der Waals surface area contributed by atoms with Gasteiger partial charge in [-0.3, -0.25) is 4.79 Å². The molecule has 32 heavy (non-hydrogen) atoms. The Labute approximate surface area is 190 Å². The maximum absolute atomic E-state index is 13.3. The van der Waals surface area contributed by atoms with Gasteiger partial charge in [0.25, 0.3) is 5.91 Å². The number of allylic oxidation sites excluding steroid dienone is 1. The van der Waals surface area contributed by atoms with E-state index in [0.29, 0.717) is 18.8 Å². The van der Waals surface area contributed by atoms with Gasteiger partial charge in [-0.25, -0.2) is 0 Å². The molecular weight excluding hydrogens is 402 g/mol. The van der Waals surface area contributed by atoms with Crippen molar-refractivity contribution in [1.82, 2.24) is 4.90 Å². The fraction of sp³-hybridized carbons (Fsp3) is 0.444. The summed E-state index contributed by atoms with van der Waals surface area (Å²) < 4.78 is 12.2. The van der Waals surface area contributed by atoms with E-state index in [4.69, 9.17) is 9.47 Å². The number of nitrogens with zero attached hydrogens (tertiary/aromatic N) is 1. The molecule has 1 amide bonds. The highest BCUT2D eigenvalue weighted by molar-refractivity contribution is 5.91. The molecule has 1 heterocycles. The van der Waals surface area contributed by atoms with Gasteiger partial charge < -0.3 is 19.5 Å². The minimum absolute atomic E-state index is 0.0242. The van der Waals surface area contributed by atoms with E-state index < -0.39 is 6.29 Å². The number of rotatable bonds is 7. The first-order valence-electron chi connectivity index (χ1n) is 11.6. The summed E-state index contributed by atoms with van der Waals surface area (Å²) in [5, 5.41) is 9.23. The van der Waals surface area contributed by atoms with Crippen LogP contribution in [-0.4, -0.2) is 35.3 Å². The number of hydrogen-bond donors (Lipinski definition) is 1. The van der Waals surface area contributed by atoms with E-state index >= 15 is 0 Å². The number of likely N-dealkylation sites (N-methyl/N-ethyl adjacent to an activating group) is 1. The number of hydrogen-bond acceptors (Lipinski definition) is 4. The van der Waals surface area contributed by atoms with Crippen molar-refractivity contribution in [2.75, 3.05) is 7.05 Å². The average molecular weight is 436 g/mol. The van der Waals surface area contributed by atoms with Gasteiger partial charge in [0.15, 0.2) is 5.76 Å². The summed E-state index contributed by atoms with van der Waals surface area (Å²) in [6.45, 7) is 0.411. The highest BCUT2D eigenvalue weighted by Gasteiger charge is 2.32. The van der Waals surface area contributed by atoms with Crippen LogP contribution in [0.5, 0.6) is 0 Å². The third-order valence-electron chi connectivity index (χ3n) is 6.58. The number of aliphatic hydroxyl groups excluding tert-OH is 1. The summed E-state index contributed by atoms with van der Waals surface area (Å²) in [6, 6.07) is 18.2. The summed E-state index contributed by atoms with van der Waals surface area (Å²) in [5.74, 6) is 0.391. The second-order valence-electron chi connectivity index (χ2n) is 8.82. The van der Waals surface area contributed by atoms with Gasteiger partial charge in [-0.15, -0.1) is 0 Å². The molecule has 1 aliphatic carbocycles. The molecule has 2 aromatic rings. The maximum atomic E-state index is 13.3. The van der Waals surface area contributed by atoms with Crippen LogP contribution >= 0.6 is 0 Å². The Hall–Kier alpha value is -2.63. The van der Waals surface area contributed by atoms with Crippen LogP contribution in [-0.2, 0) is 27.5 Å². The van der Waals surface area contributed by atoms with Gasteiger partial charge in [-0.2, -0.15) is 0 Å². The van der Waals surface area contributed by atoms with E-state index in [2.05, 4.69) is 12.1 Å². The largest absolute Gasteiger partial charge is 0.459 e. The fourth-order valence-corrected chi connectivity index (χ4v) is 4.58. The molecule has 0 aromatic heterocycles. The zero-order valence-electron chi connectivity index (χ0n) is 18.8. The van der Waals surface area contributed by atoms with Crippen LogP contribution in [0, 0.1) is 0 Å². The summed E-state index contributed by atoms with van der Waals surface area (Å²) in [6.07, 6.45) is 7.84. The average Bonchev–Trinajstić information content (AvgIpc) is 2.87. The van der Waals surface area contributed by atoms with E-state index in [1.165, 1.54) is 19.3 Å². The highest BCUT2D eigenvalue weighted by Crippen LogP contribution is 2.33. The monoisotopic (exact) mass is 435 g/mol. The molecule has 0 unspecified atom stereocenters. The lowest BCUT2D eigenvalue weighted by Gasteiger charge is -2.34. The SMILES string of the molecule is CN(C(=O)C1=C[C@H](c2ccccc2)C[C@H](OCc2ccc(CO)cc2)O1)C1CCCCC1. The van der Waals surface area contributed by atoms with Crippen molar-refractivity contribution in [1.29, 1.82) is 0 Å². The van der Waals surface area contributed by atoms with Gasteiger partial charge in [0.1, 0.15) is 0 Å². The van der Waals surface area contributed by atoms with Gasteiger partial charge in [0, 0.05) is 25.4 Å². The lowest BCUT2D eigenvalue weighted by molar-refractivity contribution is -0.156. The van der Waals surface area contributed by atoms with Crippen LogP contribution in [0.2, 0.25) is 0 Å². The molecule has 1 aliphatic heterocycles. The molecule has 2 aliphatic rings. The van der Waals surface area contributed by atoms with Crippen LogP contribution in [0.1, 0.15) is 61.1 Å². The van der Waals surface area contributed by atoms with Crippen LogP contribution in [0.3, 0.4) is 0 Å². The lowest BCUT2D eigenvalue weighted by atomic mass is 9.92. The molecule has 170 valence electrons. The standard InChI is InChI=1S/C27H33NO4/c1-28(24-10-6-3-7-11-24)27(30)25-16-23(22-8-4-2-5-9-22)17-26(32-25)31-19-21-14-12-20(18-29)13-15-21/h2,4-5,8-9,12-16,23-24,26,29H,3,6-7,10-11,17-19H2,1H3/t23-,26+/m0/s1. The summed E-state index contributed by atoms with van der Waals surface area (Å²) in [5.41, 5.74) is 3.03. The summed E-state index contributed by atoms with van der Waals surface area (Å²) >= 11 is 0. The number of carbonyl (C=O) groups is 1. The molecule has 2 aromatic carbocycles. The minimum Gasteiger partial charge on any atom is -0.459 e. The van der Waals surface area contributed by atoms with E-state index in [-0.39, 0.29) is 24.5 Å². The van der Waals surface area contributed by atoms with Gasteiger partial charge in [-0.1, -0.05) is 73.9 Å². The third-order valence-corrected chi connectivity index (χ3v) is 6.58. The van der Waals surface area contributed by atoms with Gasteiger partial charge in [0.05, 0.1) is 13.2 Å². The number of ether oxygens (including phenoxy) is 2. The second-order valence-corrected chi connectivity index (χ2v) is 8.82. The number of benzene rings is 2. The van der Waals surface area contributed by atoms with Crippen molar-refractivity contribution in [2.24, 2.45) is 0 Å². The first-order valence-corrected chi connectivity index (χ1v) is 11.6. The predicted octanol–water partition coefficient (Wildman–Crippen LogP) is 4.90. The second kappa shape index (κ2) is 10.8. The summed E-state index contributed by atoms with van der Waals surface area (Å²) in [7, 11) is 1.90. The molecular formula is C27H33NO4. The van der Waals surface area contributed by atoms with Gasteiger partial charge in [-0.05, 0) is 35.6 Å². The fourth-order valence-electron chi connectivity index (χ4n) is 4.58. The van der Waals surface area contributed by atoms with E-state index in [1.54, 1.807) is 0 Å². The summed E-state index contributed by atoms with van der Waals surface area (Å²) in [4.78, 5) is 15.2. The van der Waals surface area contributed by atoms with Crippen molar-refractivity contribution in [3.8, 4) is 0 Å². The van der Waals surface area contributed by atoms with E-state index in [9.17, 15) is 9.90 Å².